The van der Waals surface area contributed by atoms with Crippen LogP contribution in [0.2, 0.25) is 0 Å². The summed E-state index contributed by atoms with van der Waals surface area (Å²) >= 11 is 0. The van der Waals surface area contributed by atoms with Crippen LogP contribution in [0.1, 0.15) is 69.5 Å². The molecule has 1 aliphatic carbocycles. The molecule has 2 atom stereocenters. The van der Waals surface area contributed by atoms with Gasteiger partial charge in [-0.05, 0) is 72.3 Å². The van der Waals surface area contributed by atoms with Gasteiger partial charge in [0.1, 0.15) is 17.6 Å². The molecule has 1 aromatic heterocycles. The van der Waals surface area contributed by atoms with E-state index in [1.807, 2.05) is 11.0 Å². The molecule has 2 aliphatic heterocycles. The number of ether oxygens (including phenoxy) is 1. The van der Waals surface area contributed by atoms with Gasteiger partial charge in [-0.2, -0.15) is 5.10 Å². The summed E-state index contributed by atoms with van der Waals surface area (Å²) in [5.74, 6) is 0.770. The number of aliphatic hydroxyl groups excluding tert-OH is 1. The van der Waals surface area contributed by atoms with E-state index in [1.54, 1.807) is 0 Å². The van der Waals surface area contributed by atoms with Gasteiger partial charge in [0.15, 0.2) is 0 Å². The third kappa shape index (κ3) is 4.66. The molecule has 6 rings (SSSR count). The molecule has 190 valence electrons. The fraction of sp³-hybridized carbons (Fsp3) is 0.467. The van der Waals surface area contributed by atoms with E-state index in [-0.39, 0.29) is 17.8 Å². The van der Waals surface area contributed by atoms with Gasteiger partial charge in [0.2, 0.25) is 0 Å². The Kier molecular flexibility index (Phi) is 6.89. The number of H-pyrrole nitrogens is 1. The number of aliphatic hydroxyl groups is 1. The standard InChI is InChI=1S/C27H29N3O3.C3H8/c1-17(31)25-21-9-8-20(15-23(21)28-29-25)18-4-6-19(7-5-18)22-16-27(22)10-12-30(13-11-27)26(32)24-3-2-14-33-24;1-3-2/h4-9,15,22,24,31H,1-3,10-14,16H2,(H,28,29);3H2,1-2H3. The number of fused-ring (bicyclic) bond motifs is 1. The first-order valence-electron chi connectivity index (χ1n) is 13.3. The Hall–Kier alpha value is -3.12. The van der Waals surface area contributed by atoms with Crippen molar-refractivity contribution in [3.05, 3.63) is 60.3 Å². The highest BCUT2D eigenvalue weighted by molar-refractivity contribution is 5.91. The molecule has 3 aliphatic rings. The van der Waals surface area contributed by atoms with Crippen LogP contribution < -0.4 is 0 Å². The van der Waals surface area contributed by atoms with Crippen LogP contribution in [-0.4, -0.2) is 51.9 Å². The lowest BCUT2D eigenvalue weighted by Gasteiger charge is -2.34. The molecule has 2 aromatic carbocycles. The van der Waals surface area contributed by atoms with Crippen LogP contribution in [0, 0.1) is 5.41 Å². The molecule has 2 unspecified atom stereocenters. The van der Waals surface area contributed by atoms with Crippen molar-refractivity contribution < 1.29 is 14.6 Å². The van der Waals surface area contributed by atoms with Gasteiger partial charge in [-0.25, -0.2) is 0 Å². The molecule has 1 spiro atoms. The Labute approximate surface area is 213 Å². The molecule has 6 heteroatoms. The molecular formula is C30H37N3O3. The SMILES string of the molecule is C=C(O)c1n[nH]c2cc(-c3ccc(C4CC45CCN(C(=O)C4CCCO4)CC5)cc3)ccc12.CCC. The number of nitrogens with one attached hydrogen (secondary N) is 1. The summed E-state index contributed by atoms with van der Waals surface area (Å²) < 4.78 is 5.60. The molecule has 0 bridgehead atoms. The van der Waals surface area contributed by atoms with E-state index in [2.05, 4.69) is 67.0 Å². The Morgan fingerprint density at radius 1 is 1.17 bits per heavy atom. The van der Waals surface area contributed by atoms with Gasteiger partial charge in [0.25, 0.3) is 5.91 Å². The second-order valence-corrected chi connectivity index (χ2v) is 10.6. The molecular weight excluding hydrogens is 450 g/mol. The maximum atomic E-state index is 12.6. The number of likely N-dealkylation sites (tertiary alicyclic amines) is 1. The fourth-order valence-corrected chi connectivity index (χ4v) is 5.85. The molecule has 0 radical (unpaired) electrons. The zero-order valence-corrected chi connectivity index (χ0v) is 21.4. The number of aromatic nitrogens is 2. The van der Waals surface area contributed by atoms with Crippen LogP contribution in [0.15, 0.2) is 49.0 Å². The van der Waals surface area contributed by atoms with Crippen molar-refractivity contribution in [3.63, 3.8) is 0 Å². The Morgan fingerprint density at radius 2 is 1.86 bits per heavy atom. The zero-order valence-electron chi connectivity index (χ0n) is 21.4. The van der Waals surface area contributed by atoms with E-state index in [0.29, 0.717) is 17.0 Å². The normalized spacial score (nSPS) is 22.3. The average Bonchev–Trinajstić information content (AvgIpc) is 3.24. The molecule has 6 nitrogen and oxygen atoms in total. The number of amides is 1. The van der Waals surface area contributed by atoms with Crippen LogP contribution in [0.4, 0.5) is 0 Å². The van der Waals surface area contributed by atoms with Gasteiger partial charge >= 0.3 is 0 Å². The van der Waals surface area contributed by atoms with Gasteiger partial charge in [-0.3, -0.25) is 9.89 Å². The molecule has 1 saturated carbocycles. The highest BCUT2D eigenvalue weighted by atomic mass is 16.5. The number of piperidine rings is 1. The average molecular weight is 488 g/mol. The lowest BCUT2D eigenvalue weighted by molar-refractivity contribution is -0.142. The van der Waals surface area contributed by atoms with Crippen molar-refractivity contribution in [1.29, 1.82) is 0 Å². The van der Waals surface area contributed by atoms with Crippen LogP contribution in [-0.2, 0) is 9.53 Å². The minimum atomic E-state index is -0.198. The molecule has 3 fully saturated rings. The summed E-state index contributed by atoms with van der Waals surface area (Å²) in [5.41, 5.74) is 5.42. The minimum Gasteiger partial charge on any atom is -0.506 e. The van der Waals surface area contributed by atoms with E-state index in [4.69, 9.17) is 4.74 Å². The maximum Gasteiger partial charge on any atom is 0.251 e. The summed E-state index contributed by atoms with van der Waals surface area (Å²) in [5, 5.41) is 17.7. The van der Waals surface area contributed by atoms with E-state index < -0.39 is 0 Å². The Morgan fingerprint density at radius 3 is 2.50 bits per heavy atom. The summed E-state index contributed by atoms with van der Waals surface area (Å²) in [7, 11) is 0. The molecule has 36 heavy (non-hydrogen) atoms. The smallest absolute Gasteiger partial charge is 0.251 e. The number of carbonyl (C=O) groups excluding carboxylic acids is 1. The zero-order chi connectivity index (χ0) is 25.3. The van der Waals surface area contributed by atoms with Crippen molar-refractivity contribution in [2.75, 3.05) is 19.7 Å². The van der Waals surface area contributed by atoms with Crippen LogP contribution >= 0.6 is 0 Å². The molecule has 3 aromatic rings. The highest BCUT2D eigenvalue weighted by Gasteiger charge is 2.55. The van der Waals surface area contributed by atoms with E-state index in [9.17, 15) is 9.90 Å². The number of hydrogen-bond donors (Lipinski definition) is 2. The molecule has 1 amide bonds. The Balaban J connectivity index is 0.000000848. The topological polar surface area (TPSA) is 78.5 Å². The van der Waals surface area contributed by atoms with Crippen LogP contribution in [0.5, 0.6) is 0 Å². The lowest BCUT2D eigenvalue weighted by atomic mass is 9.88. The predicted molar refractivity (Wildman–Crippen MR) is 144 cm³/mol. The maximum absolute atomic E-state index is 12.6. The molecule has 2 saturated heterocycles. The second-order valence-electron chi connectivity index (χ2n) is 10.6. The summed E-state index contributed by atoms with van der Waals surface area (Å²) in [6, 6.07) is 15.0. The quantitative estimate of drug-likeness (QED) is 0.415. The number of hydrogen-bond acceptors (Lipinski definition) is 4. The number of carbonyl (C=O) groups is 1. The van der Waals surface area contributed by atoms with E-state index in [1.165, 1.54) is 18.4 Å². The summed E-state index contributed by atoms with van der Waals surface area (Å²) in [4.78, 5) is 14.7. The van der Waals surface area contributed by atoms with Gasteiger partial charge in [0, 0.05) is 25.1 Å². The number of rotatable bonds is 4. The molecule has 3 heterocycles. The summed E-state index contributed by atoms with van der Waals surface area (Å²) in [6.45, 7) is 10.3. The Bertz CT molecular complexity index is 1230. The minimum absolute atomic E-state index is 0.0289. The predicted octanol–water partition coefficient (Wildman–Crippen LogP) is 6.45. The monoisotopic (exact) mass is 487 g/mol. The largest absolute Gasteiger partial charge is 0.506 e. The summed E-state index contributed by atoms with van der Waals surface area (Å²) in [6.07, 6.45) is 6.33. The lowest BCUT2D eigenvalue weighted by Crippen LogP contribution is -2.44. The third-order valence-electron chi connectivity index (χ3n) is 7.95. The first-order valence-corrected chi connectivity index (χ1v) is 13.3. The van der Waals surface area contributed by atoms with E-state index >= 15 is 0 Å². The first kappa shape index (κ1) is 24.6. The van der Waals surface area contributed by atoms with Crippen LogP contribution in [0.25, 0.3) is 27.8 Å². The van der Waals surface area contributed by atoms with E-state index in [0.717, 1.165) is 67.4 Å². The number of aromatic amines is 1. The van der Waals surface area contributed by atoms with Crippen LogP contribution in [0.3, 0.4) is 0 Å². The highest BCUT2D eigenvalue weighted by Crippen LogP contribution is 2.65. The first-order chi connectivity index (χ1) is 17.5. The fourth-order valence-electron chi connectivity index (χ4n) is 5.85. The van der Waals surface area contributed by atoms with Crippen molar-refractivity contribution in [2.24, 2.45) is 5.41 Å². The van der Waals surface area contributed by atoms with Crippen molar-refractivity contribution >= 4 is 22.6 Å². The van der Waals surface area contributed by atoms with Gasteiger partial charge < -0.3 is 14.7 Å². The van der Waals surface area contributed by atoms with Crippen molar-refractivity contribution in [3.8, 4) is 11.1 Å². The number of benzene rings is 2. The number of nitrogens with zero attached hydrogens (tertiary/aromatic N) is 2. The second kappa shape index (κ2) is 10.1. The van der Waals surface area contributed by atoms with Gasteiger partial charge in [0.05, 0.1) is 5.52 Å². The van der Waals surface area contributed by atoms with Crippen molar-refractivity contribution in [2.45, 2.75) is 64.4 Å². The van der Waals surface area contributed by atoms with Crippen molar-refractivity contribution in [1.82, 2.24) is 15.1 Å². The van der Waals surface area contributed by atoms with Gasteiger partial charge in [-0.1, -0.05) is 57.2 Å². The molecule has 2 N–H and O–H groups in total. The van der Waals surface area contributed by atoms with Gasteiger partial charge in [-0.15, -0.1) is 0 Å². The third-order valence-corrected chi connectivity index (χ3v) is 7.95.